The van der Waals surface area contributed by atoms with Crippen molar-refractivity contribution in [2.75, 3.05) is 31.1 Å². The monoisotopic (exact) mass is 375 g/mol. The number of fused-ring (bicyclic) bond motifs is 1. The average molecular weight is 376 g/mol. The van der Waals surface area contributed by atoms with Gasteiger partial charge in [-0.3, -0.25) is 0 Å². The number of benzene rings is 1. The molecule has 4 heterocycles. The van der Waals surface area contributed by atoms with Gasteiger partial charge in [0.05, 0.1) is 5.69 Å². The first-order chi connectivity index (χ1) is 13.8. The van der Waals surface area contributed by atoms with Crippen LogP contribution >= 0.6 is 0 Å². The van der Waals surface area contributed by atoms with Crippen LogP contribution in [0.15, 0.2) is 42.7 Å². The van der Waals surface area contributed by atoms with E-state index in [2.05, 4.69) is 47.1 Å². The van der Waals surface area contributed by atoms with E-state index < -0.39 is 0 Å². The molecule has 0 aliphatic carbocycles. The van der Waals surface area contributed by atoms with Gasteiger partial charge < -0.3 is 9.80 Å². The quantitative estimate of drug-likeness (QED) is 0.689. The first kappa shape index (κ1) is 17.7. The largest absolute Gasteiger partial charge is 0.355 e. The molecule has 0 bridgehead atoms. The van der Waals surface area contributed by atoms with E-state index in [1.165, 1.54) is 56.3 Å². The van der Waals surface area contributed by atoms with Gasteiger partial charge in [0.1, 0.15) is 5.52 Å². The van der Waals surface area contributed by atoms with E-state index in [0.717, 1.165) is 36.2 Å². The van der Waals surface area contributed by atoms with E-state index in [-0.39, 0.29) is 0 Å². The summed E-state index contributed by atoms with van der Waals surface area (Å²) in [5.41, 5.74) is 4.58. The number of rotatable bonds is 3. The Balaban J connectivity index is 1.38. The second-order valence-corrected chi connectivity index (χ2v) is 8.24. The molecule has 0 amide bonds. The highest BCUT2D eigenvalue weighted by Crippen LogP contribution is 2.29. The molecule has 2 aliphatic heterocycles. The van der Waals surface area contributed by atoms with Gasteiger partial charge in [-0.05, 0) is 57.3 Å². The first-order valence-electron chi connectivity index (χ1n) is 10.7. The maximum absolute atomic E-state index is 4.83. The highest BCUT2D eigenvalue weighted by molar-refractivity contribution is 5.76. The van der Waals surface area contributed by atoms with Gasteiger partial charge in [-0.15, -0.1) is 0 Å². The highest BCUT2D eigenvalue weighted by Gasteiger charge is 2.27. The summed E-state index contributed by atoms with van der Waals surface area (Å²) in [5.74, 6) is 1.08. The smallest absolute Gasteiger partial charge is 0.154 e. The van der Waals surface area contributed by atoms with Gasteiger partial charge in [0, 0.05) is 37.1 Å². The van der Waals surface area contributed by atoms with Crippen molar-refractivity contribution in [1.82, 2.24) is 19.5 Å². The minimum Gasteiger partial charge on any atom is -0.355 e. The molecule has 5 rings (SSSR count). The lowest BCUT2D eigenvalue weighted by Gasteiger charge is -2.40. The van der Waals surface area contributed by atoms with Crippen molar-refractivity contribution in [3.8, 4) is 11.3 Å². The molecule has 5 heteroatoms. The van der Waals surface area contributed by atoms with E-state index in [4.69, 9.17) is 10.1 Å². The van der Waals surface area contributed by atoms with E-state index in [9.17, 15) is 0 Å². The zero-order valence-corrected chi connectivity index (χ0v) is 16.7. The summed E-state index contributed by atoms with van der Waals surface area (Å²) in [6, 6.07) is 11.4. The molecule has 1 aromatic carbocycles. The molecule has 2 aliphatic rings. The Kier molecular flexibility index (Phi) is 4.77. The second kappa shape index (κ2) is 7.55. The summed E-state index contributed by atoms with van der Waals surface area (Å²) < 4.78 is 1.99. The summed E-state index contributed by atoms with van der Waals surface area (Å²) in [7, 11) is 0. The lowest BCUT2D eigenvalue weighted by molar-refractivity contribution is 0.141. The molecule has 0 N–H and O–H groups in total. The van der Waals surface area contributed by atoms with Gasteiger partial charge in [-0.2, -0.15) is 5.10 Å². The van der Waals surface area contributed by atoms with Gasteiger partial charge in [0.25, 0.3) is 0 Å². The van der Waals surface area contributed by atoms with Crippen molar-refractivity contribution >= 4 is 11.3 Å². The lowest BCUT2D eigenvalue weighted by atomic mass is 10.00. The Bertz CT molecular complexity index is 949. The molecule has 28 heavy (non-hydrogen) atoms. The van der Waals surface area contributed by atoms with Crippen LogP contribution in [0.1, 0.15) is 37.7 Å². The van der Waals surface area contributed by atoms with Gasteiger partial charge in [-0.25, -0.2) is 9.50 Å². The summed E-state index contributed by atoms with van der Waals surface area (Å²) in [5, 5.41) is 4.83. The van der Waals surface area contributed by atoms with Gasteiger partial charge in [-0.1, -0.05) is 30.7 Å². The average Bonchev–Trinajstić information content (AvgIpc) is 3.19. The fourth-order valence-corrected chi connectivity index (χ4v) is 4.87. The molecule has 146 valence electrons. The molecule has 0 spiro atoms. The molecule has 2 fully saturated rings. The predicted octanol–water partition coefficient (Wildman–Crippen LogP) is 4.16. The zero-order chi connectivity index (χ0) is 18.9. The Morgan fingerprint density at radius 1 is 0.964 bits per heavy atom. The van der Waals surface area contributed by atoms with Crippen LogP contribution in [-0.2, 0) is 0 Å². The molecule has 5 nitrogen and oxygen atoms in total. The molecular weight excluding hydrogens is 346 g/mol. The zero-order valence-electron chi connectivity index (χ0n) is 16.7. The predicted molar refractivity (Wildman–Crippen MR) is 114 cm³/mol. The Labute approximate surface area is 167 Å². The number of hydrogen-bond donors (Lipinski definition) is 0. The summed E-state index contributed by atoms with van der Waals surface area (Å²) in [4.78, 5) is 9.93. The fourth-order valence-electron chi connectivity index (χ4n) is 4.87. The van der Waals surface area contributed by atoms with E-state index in [1.807, 2.05) is 16.9 Å². The number of piperidine rings is 2. The number of aromatic nitrogens is 3. The van der Waals surface area contributed by atoms with Gasteiger partial charge in [0.15, 0.2) is 5.82 Å². The lowest BCUT2D eigenvalue weighted by Crippen LogP contribution is -2.47. The topological polar surface area (TPSA) is 36.7 Å². The molecule has 2 saturated heterocycles. The molecule has 2 aromatic heterocycles. The van der Waals surface area contributed by atoms with Crippen LogP contribution in [0.5, 0.6) is 0 Å². The van der Waals surface area contributed by atoms with Crippen molar-refractivity contribution in [3.05, 3.63) is 48.3 Å². The van der Waals surface area contributed by atoms with Crippen LogP contribution in [0.4, 0.5) is 5.82 Å². The van der Waals surface area contributed by atoms with Gasteiger partial charge in [0.2, 0.25) is 0 Å². The summed E-state index contributed by atoms with van der Waals surface area (Å²) >= 11 is 0. The van der Waals surface area contributed by atoms with Gasteiger partial charge >= 0.3 is 0 Å². The number of aryl methyl sites for hydroxylation is 1. The first-order valence-corrected chi connectivity index (χ1v) is 10.7. The Morgan fingerprint density at radius 3 is 2.54 bits per heavy atom. The molecule has 0 atom stereocenters. The summed E-state index contributed by atoms with van der Waals surface area (Å²) in [6.07, 6.45) is 10.5. The molecule has 0 unspecified atom stereocenters. The Hall–Kier alpha value is -2.40. The van der Waals surface area contributed by atoms with Crippen molar-refractivity contribution in [1.29, 1.82) is 0 Å². The normalized spacial score (nSPS) is 19.4. The highest BCUT2D eigenvalue weighted by atomic mass is 15.3. The van der Waals surface area contributed by atoms with Crippen LogP contribution in [0, 0.1) is 6.92 Å². The minimum absolute atomic E-state index is 0.753. The van der Waals surface area contributed by atoms with Crippen LogP contribution in [-0.4, -0.2) is 51.7 Å². The van der Waals surface area contributed by atoms with Crippen LogP contribution in [0.3, 0.4) is 0 Å². The molecular formula is C23H29N5. The third kappa shape index (κ3) is 3.28. The van der Waals surface area contributed by atoms with Crippen molar-refractivity contribution < 1.29 is 0 Å². The number of anilines is 1. The number of nitrogens with zero attached hydrogens (tertiary/aromatic N) is 5. The SMILES string of the molecule is Cc1ccccc1-c1cc2c(N3CCC(N4CCCCC4)CC3)nccn2n1. The van der Waals surface area contributed by atoms with Crippen molar-refractivity contribution in [3.63, 3.8) is 0 Å². The fraction of sp³-hybridized carbons (Fsp3) is 0.478. The van der Waals surface area contributed by atoms with Crippen LogP contribution in [0.25, 0.3) is 16.8 Å². The minimum atomic E-state index is 0.753. The second-order valence-electron chi connectivity index (χ2n) is 8.24. The Morgan fingerprint density at radius 2 is 1.75 bits per heavy atom. The maximum Gasteiger partial charge on any atom is 0.154 e. The number of hydrogen-bond acceptors (Lipinski definition) is 4. The van der Waals surface area contributed by atoms with Crippen LogP contribution < -0.4 is 4.90 Å². The standard InChI is InChI=1S/C23H29N5/c1-18-7-3-4-8-20(18)21-17-22-23(24-11-16-28(22)25-21)27-14-9-19(10-15-27)26-12-5-2-6-13-26/h3-4,7-8,11,16-17,19H,2,5-6,9-10,12-15H2,1H3. The van der Waals surface area contributed by atoms with Crippen molar-refractivity contribution in [2.24, 2.45) is 0 Å². The number of likely N-dealkylation sites (tertiary alicyclic amines) is 1. The third-order valence-corrected chi connectivity index (χ3v) is 6.46. The maximum atomic E-state index is 4.83. The molecule has 0 radical (unpaired) electrons. The van der Waals surface area contributed by atoms with E-state index >= 15 is 0 Å². The van der Waals surface area contributed by atoms with Crippen molar-refractivity contribution in [2.45, 2.75) is 45.1 Å². The molecule has 0 saturated carbocycles. The third-order valence-electron chi connectivity index (χ3n) is 6.46. The van der Waals surface area contributed by atoms with Crippen LogP contribution in [0.2, 0.25) is 0 Å². The summed E-state index contributed by atoms with van der Waals surface area (Å²) in [6.45, 7) is 6.89. The van der Waals surface area contributed by atoms with E-state index in [1.54, 1.807) is 0 Å². The molecule has 3 aromatic rings. The van der Waals surface area contributed by atoms with E-state index in [0.29, 0.717) is 0 Å².